The molecule has 0 fully saturated rings. The topological polar surface area (TPSA) is 42.0 Å². The van der Waals surface area contributed by atoms with Crippen LogP contribution in [-0.2, 0) is 0 Å². The van der Waals surface area contributed by atoms with Crippen LogP contribution in [0.5, 0.6) is 0 Å². The Morgan fingerprint density at radius 1 is 1.04 bits per heavy atom. The van der Waals surface area contributed by atoms with Crippen LogP contribution in [-0.4, -0.2) is 10.9 Å². The SMILES string of the molecule is Cc1nc2cc(F)ccc2cc1C(=O)NC(c1ccc(F)cc1)c1cccs1. The highest BCUT2D eigenvalue weighted by molar-refractivity contribution is 7.10. The molecule has 0 bridgehead atoms. The van der Waals surface area contributed by atoms with Crippen LogP contribution in [0.2, 0.25) is 0 Å². The molecule has 0 saturated carbocycles. The number of aryl methyl sites for hydroxylation is 1. The Morgan fingerprint density at radius 2 is 1.79 bits per heavy atom. The average molecular weight is 394 g/mol. The molecule has 0 aliphatic carbocycles. The molecular weight excluding hydrogens is 378 g/mol. The lowest BCUT2D eigenvalue weighted by Gasteiger charge is -2.19. The fourth-order valence-electron chi connectivity index (χ4n) is 3.10. The van der Waals surface area contributed by atoms with E-state index in [0.717, 1.165) is 10.4 Å². The summed E-state index contributed by atoms with van der Waals surface area (Å²) in [6.07, 6.45) is 0. The second-order valence-electron chi connectivity index (χ2n) is 6.43. The first-order valence-corrected chi connectivity index (χ1v) is 9.56. The molecule has 4 aromatic rings. The lowest BCUT2D eigenvalue weighted by molar-refractivity contribution is 0.0942. The molecule has 4 rings (SSSR count). The second-order valence-corrected chi connectivity index (χ2v) is 7.41. The van der Waals surface area contributed by atoms with Crippen molar-refractivity contribution >= 4 is 28.1 Å². The number of benzene rings is 2. The maximum atomic E-state index is 13.4. The number of hydrogen-bond donors (Lipinski definition) is 1. The highest BCUT2D eigenvalue weighted by atomic mass is 32.1. The van der Waals surface area contributed by atoms with E-state index in [2.05, 4.69) is 10.3 Å². The van der Waals surface area contributed by atoms with Crippen LogP contribution in [0, 0.1) is 18.6 Å². The number of halogens is 2. The third-order valence-corrected chi connectivity index (χ3v) is 5.46. The maximum Gasteiger partial charge on any atom is 0.253 e. The van der Waals surface area contributed by atoms with Gasteiger partial charge in [-0.15, -0.1) is 11.3 Å². The first-order valence-electron chi connectivity index (χ1n) is 8.68. The van der Waals surface area contributed by atoms with E-state index in [1.807, 2.05) is 17.5 Å². The molecule has 0 aliphatic heterocycles. The Bertz CT molecular complexity index is 1140. The van der Waals surface area contributed by atoms with Crippen molar-refractivity contribution in [2.75, 3.05) is 0 Å². The van der Waals surface area contributed by atoms with Crippen molar-refractivity contribution in [2.24, 2.45) is 0 Å². The molecule has 2 heterocycles. The fraction of sp³-hybridized carbons (Fsp3) is 0.0909. The van der Waals surface area contributed by atoms with Gasteiger partial charge in [-0.2, -0.15) is 0 Å². The minimum atomic E-state index is -0.406. The number of carbonyl (C=O) groups excluding carboxylic acids is 1. The van der Waals surface area contributed by atoms with Crippen molar-refractivity contribution in [3.05, 3.63) is 99.4 Å². The van der Waals surface area contributed by atoms with Crippen molar-refractivity contribution in [1.29, 1.82) is 0 Å². The smallest absolute Gasteiger partial charge is 0.253 e. The van der Waals surface area contributed by atoms with Gasteiger partial charge in [0.1, 0.15) is 11.6 Å². The van der Waals surface area contributed by atoms with Crippen molar-refractivity contribution in [1.82, 2.24) is 10.3 Å². The highest BCUT2D eigenvalue weighted by Crippen LogP contribution is 2.27. The van der Waals surface area contributed by atoms with Gasteiger partial charge in [-0.3, -0.25) is 9.78 Å². The Balaban J connectivity index is 1.70. The summed E-state index contributed by atoms with van der Waals surface area (Å²) < 4.78 is 26.8. The summed E-state index contributed by atoms with van der Waals surface area (Å²) in [7, 11) is 0. The molecule has 140 valence electrons. The van der Waals surface area contributed by atoms with Gasteiger partial charge in [-0.05, 0) is 54.3 Å². The van der Waals surface area contributed by atoms with Crippen LogP contribution in [0.4, 0.5) is 8.78 Å². The molecule has 28 heavy (non-hydrogen) atoms. The normalized spacial score (nSPS) is 12.1. The van der Waals surface area contributed by atoms with Gasteiger partial charge in [0, 0.05) is 16.3 Å². The fourth-order valence-corrected chi connectivity index (χ4v) is 3.91. The van der Waals surface area contributed by atoms with E-state index < -0.39 is 6.04 Å². The van der Waals surface area contributed by atoms with E-state index in [9.17, 15) is 13.6 Å². The Labute approximate surface area is 164 Å². The molecule has 0 saturated heterocycles. The maximum absolute atomic E-state index is 13.4. The zero-order valence-electron chi connectivity index (χ0n) is 14.9. The van der Waals surface area contributed by atoms with Gasteiger partial charge in [-0.1, -0.05) is 18.2 Å². The summed E-state index contributed by atoms with van der Waals surface area (Å²) in [6, 6.07) is 15.5. The largest absolute Gasteiger partial charge is 0.340 e. The number of carbonyl (C=O) groups is 1. The minimum absolute atomic E-state index is 0.293. The first kappa shape index (κ1) is 18.3. The quantitative estimate of drug-likeness (QED) is 0.503. The molecule has 6 heteroatoms. The summed E-state index contributed by atoms with van der Waals surface area (Å²) in [4.78, 5) is 18.3. The summed E-state index contributed by atoms with van der Waals surface area (Å²) in [6.45, 7) is 1.72. The number of amides is 1. The predicted molar refractivity (Wildman–Crippen MR) is 106 cm³/mol. The van der Waals surface area contributed by atoms with Gasteiger partial charge in [0.25, 0.3) is 5.91 Å². The summed E-state index contributed by atoms with van der Waals surface area (Å²) in [5, 5.41) is 5.64. The monoisotopic (exact) mass is 394 g/mol. The summed E-state index contributed by atoms with van der Waals surface area (Å²) >= 11 is 1.51. The molecule has 0 radical (unpaired) electrons. The van der Waals surface area contributed by atoms with E-state index in [1.165, 1.54) is 35.6 Å². The number of fused-ring (bicyclic) bond motifs is 1. The van der Waals surface area contributed by atoms with Crippen LogP contribution < -0.4 is 5.32 Å². The van der Waals surface area contributed by atoms with Gasteiger partial charge < -0.3 is 5.32 Å². The predicted octanol–water partition coefficient (Wildman–Crippen LogP) is 5.40. The number of nitrogens with zero attached hydrogens (tertiary/aromatic N) is 1. The van der Waals surface area contributed by atoms with Crippen molar-refractivity contribution in [3.8, 4) is 0 Å². The number of rotatable bonds is 4. The Morgan fingerprint density at radius 3 is 2.50 bits per heavy atom. The molecule has 2 aromatic heterocycles. The molecule has 1 amide bonds. The molecule has 1 unspecified atom stereocenters. The van der Waals surface area contributed by atoms with Gasteiger partial charge in [0.15, 0.2) is 0 Å². The summed E-state index contributed by atoms with van der Waals surface area (Å²) in [5.41, 5.74) is 2.22. The van der Waals surface area contributed by atoms with E-state index in [0.29, 0.717) is 22.2 Å². The van der Waals surface area contributed by atoms with Crippen LogP contribution in [0.25, 0.3) is 10.9 Å². The van der Waals surface area contributed by atoms with Crippen LogP contribution in [0.1, 0.15) is 32.5 Å². The number of thiophene rings is 1. The molecule has 0 spiro atoms. The van der Waals surface area contributed by atoms with Crippen LogP contribution in [0.15, 0.2) is 66.0 Å². The van der Waals surface area contributed by atoms with Gasteiger partial charge >= 0.3 is 0 Å². The van der Waals surface area contributed by atoms with E-state index in [-0.39, 0.29) is 17.5 Å². The molecule has 3 nitrogen and oxygen atoms in total. The van der Waals surface area contributed by atoms with Crippen molar-refractivity contribution < 1.29 is 13.6 Å². The molecule has 2 aromatic carbocycles. The third-order valence-electron chi connectivity index (χ3n) is 4.52. The zero-order chi connectivity index (χ0) is 19.7. The number of hydrogen-bond acceptors (Lipinski definition) is 3. The van der Waals surface area contributed by atoms with Gasteiger partial charge in [0.05, 0.1) is 22.8 Å². The highest BCUT2D eigenvalue weighted by Gasteiger charge is 2.21. The zero-order valence-corrected chi connectivity index (χ0v) is 15.8. The lowest BCUT2D eigenvalue weighted by atomic mass is 10.0. The average Bonchev–Trinajstić information content (AvgIpc) is 3.20. The Hall–Kier alpha value is -3.12. The van der Waals surface area contributed by atoms with Crippen molar-refractivity contribution in [2.45, 2.75) is 13.0 Å². The molecule has 0 aliphatic rings. The molecule has 1 atom stereocenters. The number of pyridine rings is 1. The van der Waals surface area contributed by atoms with E-state index >= 15 is 0 Å². The van der Waals surface area contributed by atoms with Crippen LogP contribution in [0.3, 0.4) is 0 Å². The summed E-state index contributed by atoms with van der Waals surface area (Å²) in [5.74, 6) is -0.994. The lowest BCUT2D eigenvalue weighted by Crippen LogP contribution is -2.29. The third kappa shape index (κ3) is 3.64. The second kappa shape index (κ2) is 7.48. The number of nitrogens with one attached hydrogen (secondary N) is 1. The Kier molecular flexibility index (Phi) is 4.88. The first-order chi connectivity index (χ1) is 13.5. The van der Waals surface area contributed by atoms with Gasteiger partial charge in [0.2, 0.25) is 0 Å². The van der Waals surface area contributed by atoms with Crippen LogP contribution >= 0.6 is 11.3 Å². The van der Waals surface area contributed by atoms with Crippen molar-refractivity contribution in [3.63, 3.8) is 0 Å². The van der Waals surface area contributed by atoms with E-state index in [4.69, 9.17) is 0 Å². The van der Waals surface area contributed by atoms with Gasteiger partial charge in [-0.25, -0.2) is 8.78 Å². The molecule has 1 N–H and O–H groups in total. The number of aromatic nitrogens is 1. The van der Waals surface area contributed by atoms with E-state index in [1.54, 1.807) is 31.2 Å². The minimum Gasteiger partial charge on any atom is -0.340 e. The standard InChI is InChI=1S/C22H16F2N2OS/c1-13-18(11-15-6-9-17(24)12-19(15)25-13)22(27)26-21(20-3-2-10-28-20)14-4-7-16(23)8-5-14/h2-12,21H,1H3,(H,26,27). The molecular formula is C22H16F2N2OS.